The molecular weight excluding hydrogens is 460 g/mol. The molecule has 0 spiro atoms. The number of rotatable bonds is 7. The van der Waals surface area contributed by atoms with Crippen LogP contribution in [0.15, 0.2) is 66.7 Å². The molecule has 0 unspecified atom stereocenters. The number of carbonyl (C=O) groups excluding carboxylic acids is 1. The Morgan fingerprint density at radius 3 is 1.71 bits per heavy atom. The molecule has 34 heavy (non-hydrogen) atoms. The number of aromatic hydroxyl groups is 1. The molecule has 0 aliphatic rings. The first-order valence-electron chi connectivity index (χ1n) is 10.2. The fourth-order valence-corrected chi connectivity index (χ4v) is 3.49. The van der Waals surface area contributed by atoms with Gasteiger partial charge in [-0.2, -0.15) is 0 Å². The Bertz CT molecular complexity index is 1330. The number of methoxy groups -OCH3 is 2. The second kappa shape index (κ2) is 9.80. The van der Waals surface area contributed by atoms with Crippen molar-refractivity contribution in [3.05, 3.63) is 71.8 Å². The van der Waals surface area contributed by atoms with Crippen LogP contribution >= 0.6 is 11.6 Å². The van der Waals surface area contributed by atoms with Crippen LogP contribution in [0.3, 0.4) is 0 Å². The van der Waals surface area contributed by atoms with Crippen LogP contribution in [0.25, 0.3) is 10.8 Å². The first-order valence-corrected chi connectivity index (χ1v) is 10.6. The van der Waals surface area contributed by atoms with Crippen LogP contribution in [0.4, 0.5) is 0 Å². The molecule has 0 radical (unpaired) electrons. The van der Waals surface area contributed by atoms with Gasteiger partial charge in [-0.15, -0.1) is 0 Å². The number of phenols is 1. The second-order valence-electron chi connectivity index (χ2n) is 7.17. The van der Waals surface area contributed by atoms with E-state index in [1.165, 1.54) is 6.92 Å². The molecule has 0 saturated carbocycles. The summed E-state index contributed by atoms with van der Waals surface area (Å²) in [6.45, 7) is 1.27. The third-order valence-electron chi connectivity index (χ3n) is 4.91. The third kappa shape index (κ3) is 4.79. The van der Waals surface area contributed by atoms with E-state index >= 15 is 0 Å². The number of esters is 1. The molecule has 0 amide bonds. The van der Waals surface area contributed by atoms with E-state index in [1.807, 2.05) is 0 Å². The van der Waals surface area contributed by atoms with E-state index < -0.39 is 5.97 Å². The average Bonchev–Trinajstić information content (AvgIpc) is 2.84. The van der Waals surface area contributed by atoms with Crippen molar-refractivity contribution in [2.24, 2.45) is 0 Å². The number of halogens is 1. The molecule has 0 heterocycles. The summed E-state index contributed by atoms with van der Waals surface area (Å²) in [6, 6.07) is 18.3. The number of ether oxygens (including phenoxy) is 5. The van der Waals surface area contributed by atoms with Gasteiger partial charge < -0.3 is 28.8 Å². The summed E-state index contributed by atoms with van der Waals surface area (Å²) in [5.74, 6) is 1.31. The largest absolute Gasteiger partial charge is 0.504 e. The van der Waals surface area contributed by atoms with Crippen LogP contribution in [0.5, 0.6) is 46.0 Å². The van der Waals surface area contributed by atoms with Crippen LogP contribution in [-0.2, 0) is 4.79 Å². The van der Waals surface area contributed by atoms with Crippen molar-refractivity contribution in [2.45, 2.75) is 6.92 Å². The number of phenolic OH excluding ortho intramolecular Hbond substituents is 1. The van der Waals surface area contributed by atoms with Crippen molar-refractivity contribution in [1.82, 2.24) is 0 Å². The molecule has 174 valence electrons. The molecule has 4 rings (SSSR count). The summed E-state index contributed by atoms with van der Waals surface area (Å²) in [4.78, 5) is 12.0. The molecule has 0 fully saturated rings. The molecule has 7 nitrogen and oxygen atoms in total. The zero-order valence-corrected chi connectivity index (χ0v) is 19.4. The standard InChI is InChI=1S/C26H21ClO7/c1-15(28)32-24-22-14-16(27)4-13-21(22)23(29)25(33-19-9-5-17(30-2)6-10-19)26(24)34-20-11-7-18(31-3)8-12-20/h4-14,29H,1-3H3. The van der Waals surface area contributed by atoms with Gasteiger partial charge >= 0.3 is 5.97 Å². The molecule has 0 bridgehead atoms. The van der Waals surface area contributed by atoms with Gasteiger partial charge in [0, 0.05) is 22.7 Å². The Balaban J connectivity index is 1.93. The summed E-state index contributed by atoms with van der Waals surface area (Å²) in [5, 5.41) is 12.3. The molecule has 0 aromatic heterocycles. The van der Waals surface area contributed by atoms with Crippen LogP contribution in [0.2, 0.25) is 5.02 Å². The molecule has 4 aromatic rings. The lowest BCUT2D eigenvalue weighted by Crippen LogP contribution is -2.05. The Kier molecular flexibility index (Phi) is 6.65. The molecular formula is C26H21ClO7. The lowest BCUT2D eigenvalue weighted by Gasteiger charge is -2.19. The Hall–Kier alpha value is -4.10. The van der Waals surface area contributed by atoms with E-state index in [1.54, 1.807) is 80.9 Å². The molecule has 4 aromatic carbocycles. The van der Waals surface area contributed by atoms with Gasteiger partial charge in [0.1, 0.15) is 23.0 Å². The number of hydrogen-bond donors (Lipinski definition) is 1. The predicted octanol–water partition coefficient (Wildman–Crippen LogP) is 6.73. The summed E-state index contributed by atoms with van der Waals surface area (Å²) >= 11 is 6.20. The number of fused-ring (bicyclic) bond motifs is 1. The van der Waals surface area contributed by atoms with E-state index in [2.05, 4.69) is 0 Å². The normalized spacial score (nSPS) is 10.6. The van der Waals surface area contributed by atoms with Crippen LogP contribution in [0.1, 0.15) is 6.92 Å². The van der Waals surface area contributed by atoms with Crippen molar-refractivity contribution in [3.8, 4) is 46.0 Å². The molecule has 0 saturated heterocycles. The van der Waals surface area contributed by atoms with E-state index in [0.717, 1.165) is 0 Å². The summed E-state index contributed by atoms with van der Waals surface area (Å²) < 4.78 is 28.1. The molecule has 0 aliphatic heterocycles. The van der Waals surface area contributed by atoms with Crippen molar-refractivity contribution in [1.29, 1.82) is 0 Å². The Morgan fingerprint density at radius 1 is 0.706 bits per heavy atom. The zero-order valence-electron chi connectivity index (χ0n) is 18.6. The van der Waals surface area contributed by atoms with E-state index in [9.17, 15) is 9.90 Å². The van der Waals surface area contributed by atoms with Crippen LogP contribution < -0.4 is 23.7 Å². The summed E-state index contributed by atoms with van der Waals surface area (Å²) in [6.07, 6.45) is 0. The third-order valence-corrected chi connectivity index (χ3v) is 5.15. The van der Waals surface area contributed by atoms with Gasteiger partial charge in [-0.25, -0.2) is 0 Å². The fourth-order valence-electron chi connectivity index (χ4n) is 3.32. The molecule has 1 N–H and O–H groups in total. The fraction of sp³-hybridized carbons (Fsp3) is 0.115. The minimum atomic E-state index is -0.582. The smallest absolute Gasteiger partial charge is 0.308 e. The number of hydrogen-bond acceptors (Lipinski definition) is 7. The van der Waals surface area contributed by atoms with E-state index in [4.69, 9.17) is 35.3 Å². The van der Waals surface area contributed by atoms with Crippen LogP contribution in [0, 0.1) is 0 Å². The first-order chi connectivity index (χ1) is 16.4. The average molecular weight is 481 g/mol. The lowest BCUT2D eigenvalue weighted by molar-refractivity contribution is -0.131. The Morgan fingerprint density at radius 2 is 1.21 bits per heavy atom. The Labute approximate surface area is 201 Å². The van der Waals surface area contributed by atoms with Gasteiger partial charge in [0.15, 0.2) is 11.5 Å². The number of carbonyl (C=O) groups is 1. The predicted molar refractivity (Wildman–Crippen MR) is 128 cm³/mol. The minimum Gasteiger partial charge on any atom is -0.504 e. The lowest BCUT2D eigenvalue weighted by atomic mass is 10.1. The maximum Gasteiger partial charge on any atom is 0.308 e. The van der Waals surface area contributed by atoms with Gasteiger partial charge in [-0.05, 0) is 66.7 Å². The maximum atomic E-state index is 12.0. The highest BCUT2D eigenvalue weighted by Crippen LogP contribution is 2.54. The molecule has 8 heteroatoms. The van der Waals surface area contributed by atoms with Gasteiger partial charge in [-0.3, -0.25) is 4.79 Å². The minimum absolute atomic E-state index is 0.00320. The quantitative estimate of drug-likeness (QED) is 0.232. The van der Waals surface area contributed by atoms with Crippen molar-refractivity contribution < 1.29 is 33.6 Å². The molecule has 0 aliphatic carbocycles. The van der Waals surface area contributed by atoms with E-state index in [0.29, 0.717) is 38.8 Å². The van der Waals surface area contributed by atoms with Crippen molar-refractivity contribution >= 4 is 28.3 Å². The van der Waals surface area contributed by atoms with Gasteiger partial charge in [0.2, 0.25) is 11.5 Å². The SMILES string of the molecule is COc1ccc(Oc2c(Oc3ccc(OC)cc3)c(OC(C)=O)c3cc(Cl)ccc3c2O)cc1. The highest BCUT2D eigenvalue weighted by Gasteiger charge is 2.26. The molecule has 0 atom stereocenters. The highest BCUT2D eigenvalue weighted by molar-refractivity contribution is 6.31. The van der Waals surface area contributed by atoms with Crippen molar-refractivity contribution in [3.63, 3.8) is 0 Å². The topological polar surface area (TPSA) is 83.5 Å². The van der Waals surface area contributed by atoms with Gasteiger partial charge in [-0.1, -0.05) is 11.6 Å². The highest BCUT2D eigenvalue weighted by atomic mass is 35.5. The number of benzene rings is 4. The van der Waals surface area contributed by atoms with Gasteiger partial charge in [0.25, 0.3) is 0 Å². The van der Waals surface area contributed by atoms with Crippen LogP contribution in [-0.4, -0.2) is 25.3 Å². The van der Waals surface area contributed by atoms with Crippen molar-refractivity contribution in [2.75, 3.05) is 14.2 Å². The van der Waals surface area contributed by atoms with Gasteiger partial charge in [0.05, 0.1) is 14.2 Å². The van der Waals surface area contributed by atoms with E-state index in [-0.39, 0.29) is 23.0 Å². The summed E-state index contributed by atoms with van der Waals surface area (Å²) in [7, 11) is 3.11. The second-order valence-corrected chi connectivity index (χ2v) is 7.61. The first kappa shape index (κ1) is 23.1. The summed E-state index contributed by atoms with van der Waals surface area (Å²) in [5.41, 5.74) is 0. The zero-order chi connectivity index (χ0) is 24.2. The maximum absolute atomic E-state index is 12.0. The monoisotopic (exact) mass is 480 g/mol.